The summed E-state index contributed by atoms with van der Waals surface area (Å²) in [6, 6.07) is 5.34. The highest BCUT2D eigenvalue weighted by Gasteiger charge is 2.45. The molecular formula is C17H25ClFNSi. The fourth-order valence-electron chi connectivity index (χ4n) is 4.33. The number of halogens is 2. The predicted molar refractivity (Wildman–Crippen MR) is 93.4 cm³/mol. The summed E-state index contributed by atoms with van der Waals surface area (Å²) in [5.74, 6) is -0.340. The molecule has 0 aliphatic heterocycles. The van der Waals surface area contributed by atoms with E-state index in [9.17, 15) is 4.39 Å². The van der Waals surface area contributed by atoms with E-state index in [0.717, 1.165) is 10.9 Å². The van der Waals surface area contributed by atoms with Gasteiger partial charge in [-0.15, -0.1) is 0 Å². The number of fused-ring (bicyclic) bond motifs is 1. The van der Waals surface area contributed by atoms with Gasteiger partial charge in [0.2, 0.25) is 0 Å². The maximum absolute atomic E-state index is 13.7. The molecule has 1 aromatic heterocycles. The van der Waals surface area contributed by atoms with Crippen molar-refractivity contribution in [2.75, 3.05) is 0 Å². The van der Waals surface area contributed by atoms with E-state index < -0.39 is 8.24 Å². The third kappa shape index (κ3) is 2.35. The largest absolute Gasteiger partial charge is 0.373 e. The smallest absolute Gasteiger partial charge is 0.169 e. The van der Waals surface area contributed by atoms with Crippen molar-refractivity contribution in [2.24, 2.45) is 0 Å². The molecule has 0 unspecified atom stereocenters. The molecule has 0 saturated heterocycles. The van der Waals surface area contributed by atoms with Gasteiger partial charge >= 0.3 is 0 Å². The van der Waals surface area contributed by atoms with Crippen LogP contribution in [0.3, 0.4) is 0 Å². The lowest BCUT2D eigenvalue weighted by atomic mass is 10.2. The number of aromatic nitrogens is 1. The maximum Gasteiger partial charge on any atom is 0.169 e. The third-order valence-corrected chi connectivity index (χ3v) is 12.1. The second-order valence-electron chi connectivity index (χ2n) is 6.83. The molecule has 0 aliphatic rings. The van der Waals surface area contributed by atoms with Gasteiger partial charge in [-0.05, 0) is 41.0 Å². The fraction of sp³-hybridized carbons (Fsp3) is 0.529. The zero-order valence-electron chi connectivity index (χ0n) is 13.7. The maximum atomic E-state index is 13.7. The topological polar surface area (TPSA) is 4.93 Å². The fourth-order valence-corrected chi connectivity index (χ4v) is 11.2. The van der Waals surface area contributed by atoms with Gasteiger partial charge in [-0.1, -0.05) is 53.1 Å². The molecule has 0 saturated carbocycles. The summed E-state index contributed by atoms with van der Waals surface area (Å²) < 4.78 is 16.2. The van der Waals surface area contributed by atoms with E-state index in [4.69, 9.17) is 11.6 Å². The van der Waals surface area contributed by atoms with Crippen LogP contribution >= 0.6 is 11.6 Å². The molecule has 2 aromatic rings. The summed E-state index contributed by atoms with van der Waals surface area (Å²) in [7, 11) is -1.82. The monoisotopic (exact) mass is 325 g/mol. The molecule has 21 heavy (non-hydrogen) atoms. The number of rotatable bonds is 4. The van der Waals surface area contributed by atoms with E-state index in [0.29, 0.717) is 16.6 Å². The summed E-state index contributed by atoms with van der Waals surface area (Å²) in [5, 5.41) is 1.07. The zero-order valence-corrected chi connectivity index (χ0v) is 15.5. The number of benzene rings is 1. The summed E-state index contributed by atoms with van der Waals surface area (Å²) in [6.07, 6.45) is 2.13. The molecule has 0 bridgehead atoms. The molecule has 4 heteroatoms. The van der Waals surface area contributed by atoms with Gasteiger partial charge in [-0.3, -0.25) is 0 Å². The molecule has 1 nitrogen and oxygen atoms in total. The van der Waals surface area contributed by atoms with Crippen LogP contribution in [0.5, 0.6) is 0 Å². The van der Waals surface area contributed by atoms with E-state index >= 15 is 0 Å². The van der Waals surface area contributed by atoms with Gasteiger partial charge in [0.25, 0.3) is 0 Å². The highest BCUT2D eigenvalue weighted by Crippen LogP contribution is 2.44. The van der Waals surface area contributed by atoms with Gasteiger partial charge in [0, 0.05) is 10.9 Å². The Morgan fingerprint density at radius 2 is 1.48 bits per heavy atom. The standard InChI is InChI=1S/C17H25ClFNSi/c1-11(2)21(12(3)4,13(5)6)20-10-9-14-16(20)8-7-15(19)17(14)18/h7-13H,1-6H3. The van der Waals surface area contributed by atoms with Gasteiger partial charge in [0.1, 0.15) is 5.82 Å². The van der Waals surface area contributed by atoms with Gasteiger partial charge < -0.3 is 4.23 Å². The molecule has 116 valence electrons. The van der Waals surface area contributed by atoms with E-state index in [-0.39, 0.29) is 10.8 Å². The lowest BCUT2D eigenvalue weighted by Crippen LogP contribution is -2.51. The Balaban J connectivity index is 2.81. The Bertz CT molecular complexity index is 624. The van der Waals surface area contributed by atoms with Crippen LogP contribution in [0.4, 0.5) is 4.39 Å². The first kappa shape index (κ1) is 16.6. The first-order valence-corrected chi connectivity index (χ1v) is 10.3. The summed E-state index contributed by atoms with van der Waals surface area (Å²) in [6.45, 7) is 13.9. The molecule has 0 atom stereocenters. The molecule has 0 aliphatic carbocycles. The molecular weight excluding hydrogens is 301 g/mol. The van der Waals surface area contributed by atoms with E-state index in [1.165, 1.54) is 6.07 Å². The minimum Gasteiger partial charge on any atom is -0.373 e. The first-order chi connectivity index (χ1) is 9.74. The zero-order chi connectivity index (χ0) is 15.9. The molecule has 0 N–H and O–H groups in total. The highest BCUT2D eigenvalue weighted by atomic mass is 35.5. The Morgan fingerprint density at radius 3 is 1.95 bits per heavy atom. The molecule has 2 rings (SSSR count). The quantitative estimate of drug-likeness (QED) is 0.569. The van der Waals surface area contributed by atoms with Crippen LogP contribution in [0.1, 0.15) is 41.5 Å². The minimum absolute atomic E-state index is 0.241. The van der Waals surface area contributed by atoms with Gasteiger partial charge in [0.05, 0.1) is 5.02 Å². The van der Waals surface area contributed by atoms with Crippen LogP contribution in [-0.4, -0.2) is 12.5 Å². The molecule has 0 radical (unpaired) electrons. The van der Waals surface area contributed by atoms with Crippen LogP contribution in [0, 0.1) is 5.82 Å². The summed E-state index contributed by atoms with van der Waals surface area (Å²) >= 11 is 6.16. The molecule has 0 spiro atoms. The molecule has 0 amide bonds. The third-order valence-electron chi connectivity index (χ3n) is 4.95. The number of hydrogen-bond donors (Lipinski definition) is 0. The summed E-state index contributed by atoms with van der Waals surface area (Å²) in [4.78, 5) is 0. The van der Waals surface area contributed by atoms with Crippen molar-refractivity contribution < 1.29 is 4.39 Å². The Hall–Kier alpha value is -0.803. The second-order valence-corrected chi connectivity index (χ2v) is 12.9. The van der Waals surface area contributed by atoms with Crippen molar-refractivity contribution in [3.8, 4) is 0 Å². The number of nitrogens with zero attached hydrogens (tertiary/aromatic N) is 1. The van der Waals surface area contributed by atoms with Gasteiger partial charge in [0.15, 0.2) is 8.24 Å². The van der Waals surface area contributed by atoms with Crippen LogP contribution in [0.2, 0.25) is 21.6 Å². The molecule has 1 aromatic carbocycles. The van der Waals surface area contributed by atoms with Crippen LogP contribution in [0.15, 0.2) is 24.4 Å². The Labute approximate surface area is 133 Å². The van der Waals surface area contributed by atoms with Crippen molar-refractivity contribution in [1.29, 1.82) is 0 Å². The van der Waals surface area contributed by atoms with Crippen LogP contribution in [0.25, 0.3) is 10.9 Å². The van der Waals surface area contributed by atoms with Gasteiger partial charge in [-0.2, -0.15) is 0 Å². The van der Waals surface area contributed by atoms with Crippen LogP contribution < -0.4 is 0 Å². The number of hydrogen-bond acceptors (Lipinski definition) is 0. The average molecular weight is 326 g/mol. The normalized spacial score (nSPS) is 13.1. The first-order valence-electron chi connectivity index (χ1n) is 7.70. The predicted octanol–water partition coefficient (Wildman–Crippen LogP) is 6.46. The molecule has 1 heterocycles. The lowest BCUT2D eigenvalue weighted by molar-refractivity contribution is 0.630. The Morgan fingerprint density at radius 1 is 0.952 bits per heavy atom. The van der Waals surface area contributed by atoms with E-state index in [1.807, 2.05) is 12.1 Å². The second kappa shape index (κ2) is 5.77. The van der Waals surface area contributed by atoms with Crippen molar-refractivity contribution in [3.63, 3.8) is 0 Å². The lowest BCUT2D eigenvalue weighted by Gasteiger charge is -2.44. The van der Waals surface area contributed by atoms with E-state index in [2.05, 4.69) is 52.0 Å². The van der Waals surface area contributed by atoms with Crippen molar-refractivity contribution in [2.45, 2.75) is 58.2 Å². The van der Waals surface area contributed by atoms with E-state index in [1.54, 1.807) is 0 Å². The summed E-state index contributed by atoms with van der Waals surface area (Å²) in [5.41, 5.74) is 2.86. The Kier molecular flexibility index (Phi) is 4.55. The van der Waals surface area contributed by atoms with Crippen molar-refractivity contribution in [1.82, 2.24) is 4.23 Å². The van der Waals surface area contributed by atoms with Crippen molar-refractivity contribution in [3.05, 3.63) is 35.2 Å². The SMILES string of the molecule is CC(C)[Si](C(C)C)(C(C)C)n1ccc2c(Cl)c(F)ccc21. The highest BCUT2D eigenvalue weighted by molar-refractivity contribution is 6.82. The minimum atomic E-state index is -1.82. The van der Waals surface area contributed by atoms with Crippen molar-refractivity contribution >= 4 is 30.7 Å². The average Bonchev–Trinajstić information content (AvgIpc) is 2.78. The van der Waals surface area contributed by atoms with Gasteiger partial charge in [-0.25, -0.2) is 4.39 Å². The van der Waals surface area contributed by atoms with Crippen LogP contribution in [-0.2, 0) is 0 Å². The molecule has 0 fully saturated rings.